The van der Waals surface area contributed by atoms with Crippen LogP contribution in [0.15, 0.2) is 57.7 Å². The normalized spacial score (nSPS) is 19.0. The van der Waals surface area contributed by atoms with Gasteiger partial charge in [0.15, 0.2) is 5.58 Å². The Hall–Kier alpha value is -2.73. The lowest BCUT2D eigenvalue weighted by Gasteiger charge is -2.39. The number of fused-ring (bicyclic) bond motifs is 1. The predicted molar refractivity (Wildman–Crippen MR) is 124 cm³/mol. The van der Waals surface area contributed by atoms with Gasteiger partial charge in [-0.1, -0.05) is 43.1 Å². The van der Waals surface area contributed by atoms with E-state index in [1.165, 1.54) is 4.57 Å². The van der Waals surface area contributed by atoms with Gasteiger partial charge in [0.1, 0.15) is 0 Å². The first-order valence-corrected chi connectivity index (χ1v) is 11.3. The molecule has 0 unspecified atom stereocenters. The molecule has 0 spiro atoms. The molecule has 1 aliphatic rings. The van der Waals surface area contributed by atoms with Gasteiger partial charge in [0.25, 0.3) is 0 Å². The Labute approximate surface area is 186 Å². The molecule has 4 rings (SSSR count). The maximum absolute atomic E-state index is 13.0. The maximum atomic E-state index is 13.0. The van der Waals surface area contributed by atoms with Crippen molar-refractivity contribution in [3.05, 3.63) is 64.1 Å². The number of rotatable bonds is 7. The minimum Gasteiger partial charge on any atom is -0.408 e. The van der Waals surface area contributed by atoms with E-state index in [2.05, 4.69) is 24.4 Å². The minimum atomic E-state index is -0.463. The number of benzene rings is 2. The number of hydrogen-bond donors (Lipinski definition) is 1. The Morgan fingerprint density at radius 1 is 1.23 bits per heavy atom. The molecule has 6 nitrogen and oxygen atoms in total. The van der Waals surface area contributed by atoms with E-state index in [0.717, 1.165) is 31.5 Å². The van der Waals surface area contributed by atoms with Crippen molar-refractivity contribution in [1.82, 2.24) is 9.47 Å². The Morgan fingerprint density at radius 3 is 2.81 bits per heavy atom. The molecular formula is C24H28ClN3O3. The molecule has 1 aliphatic heterocycles. The first-order chi connectivity index (χ1) is 15.0. The molecular weight excluding hydrogens is 414 g/mol. The maximum Gasteiger partial charge on any atom is 0.419 e. The van der Waals surface area contributed by atoms with Gasteiger partial charge in [-0.25, -0.2) is 4.79 Å². The molecule has 31 heavy (non-hydrogen) atoms. The van der Waals surface area contributed by atoms with Crippen molar-refractivity contribution in [3.63, 3.8) is 0 Å². The molecule has 1 fully saturated rings. The summed E-state index contributed by atoms with van der Waals surface area (Å²) in [6, 6.07) is 15.5. The fourth-order valence-electron chi connectivity index (χ4n) is 4.47. The average molecular weight is 442 g/mol. The molecule has 164 valence electrons. The first kappa shape index (κ1) is 21.5. The number of aryl methyl sites for hydroxylation is 1. The Morgan fingerprint density at radius 2 is 2.03 bits per heavy atom. The van der Waals surface area contributed by atoms with E-state index in [9.17, 15) is 9.59 Å². The molecule has 0 saturated carbocycles. The van der Waals surface area contributed by atoms with E-state index in [4.69, 9.17) is 16.0 Å². The number of nitrogens with one attached hydrogen (secondary N) is 1. The average Bonchev–Trinajstić information content (AvgIpc) is 3.08. The monoisotopic (exact) mass is 441 g/mol. The summed E-state index contributed by atoms with van der Waals surface area (Å²) in [6.45, 7) is 3.93. The number of amides is 1. The third kappa shape index (κ3) is 4.96. The van der Waals surface area contributed by atoms with Crippen molar-refractivity contribution in [3.8, 4) is 0 Å². The summed E-state index contributed by atoms with van der Waals surface area (Å²) in [6.07, 6.45) is 3.52. The molecule has 0 aliphatic carbocycles. The Bertz CT molecular complexity index is 1090. The number of hydrogen-bond acceptors (Lipinski definition) is 4. The van der Waals surface area contributed by atoms with Gasteiger partial charge in [-0.05, 0) is 43.0 Å². The van der Waals surface area contributed by atoms with Gasteiger partial charge in [0, 0.05) is 48.9 Å². The van der Waals surface area contributed by atoms with E-state index < -0.39 is 5.76 Å². The molecule has 1 amide bonds. The van der Waals surface area contributed by atoms with Crippen molar-refractivity contribution in [1.29, 1.82) is 0 Å². The largest absolute Gasteiger partial charge is 0.419 e. The van der Waals surface area contributed by atoms with Crippen LogP contribution in [0.2, 0.25) is 5.02 Å². The van der Waals surface area contributed by atoms with E-state index >= 15 is 0 Å². The summed E-state index contributed by atoms with van der Waals surface area (Å²) < 4.78 is 6.78. The molecule has 1 saturated heterocycles. The van der Waals surface area contributed by atoms with E-state index in [1.807, 2.05) is 23.1 Å². The van der Waals surface area contributed by atoms with Crippen molar-refractivity contribution in [2.45, 2.75) is 45.2 Å². The number of oxazole rings is 1. The van der Waals surface area contributed by atoms with Gasteiger partial charge in [0.2, 0.25) is 5.91 Å². The van der Waals surface area contributed by atoms with Gasteiger partial charge in [-0.15, -0.1) is 0 Å². The smallest absolute Gasteiger partial charge is 0.408 e. The first-order valence-electron chi connectivity index (χ1n) is 10.9. The van der Waals surface area contributed by atoms with Crippen LogP contribution in [0.3, 0.4) is 0 Å². The van der Waals surface area contributed by atoms with Crippen molar-refractivity contribution >= 4 is 34.3 Å². The van der Waals surface area contributed by atoms with Gasteiger partial charge in [0.05, 0.1) is 5.52 Å². The molecule has 7 heteroatoms. The number of halogens is 1. The zero-order chi connectivity index (χ0) is 21.8. The zero-order valence-electron chi connectivity index (χ0n) is 17.7. The van der Waals surface area contributed by atoms with Crippen molar-refractivity contribution < 1.29 is 9.21 Å². The number of carbonyl (C=O) groups is 1. The van der Waals surface area contributed by atoms with Crippen LogP contribution in [-0.2, 0) is 11.3 Å². The number of nitrogens with zero attached hydrogens (tertiary/aromatic N) is 2. The van der Waals surface area contributed by atoms with E-state index in [-0.39, 0.29) is 24.9 Å². The molecule has 2 atom stereocenters. The lowest BCUT2D eigenvalue weighted by Crippen LogP contribution is -2.50. The second-order valence-electron chi connectivity index (χ2n) is 8.18. The minimum absolute atomic E-state index is 0.0602. The second kappa shape index (κ2) is 9.60. The highest BCUT2D eigenvalue weighted by molar-refractivity contribution is 6.31. The highest BCUT2D eigenvalue weighted by Crippen LogP contribution is 2.26. The van der Waals surface area contributed by atoms with Crippen LogP contribution >= 0.6 is 11.6 Å². The number of likely N-dealkylation sites (tertiary alicyclic amines) is 1. The zero-order valence-corrected chi connectivity index (χ0v) is 18.5. The standard InChI is InChI=1S/C24H28ClN3O3/c1-2-6-17-11-13-27(16-20(17)26-19-7-4-3-5-8-19)23(29)12-14-28-21-10-9-18(25)15-22(21)31-24(28)30/h3-5,7-10,15,17,20,26H,2,6,11-14,16H2,1H3/t17-,20+/m0/s1. The predicted octanol–water partition coefficient (Wildman–Crippen LogP) is 4.77. The lowest BCUT2D eigenvalue weighted by atomic mass is 9.87. The fraction of sp³-hybridized carbons (Fsp3) is 0.417. The second-order valence-corrected chi connectivity index (χ2v) is 8.61. The third-order valence-corrected chi connectivity index (χ3v) is 6.31. The SMILES string of the molecule is CCC[C@H]1CCN(C(=O)CCn2c(=O)oc3cc(Cl)ccc32)C[C@H]1Nc1ccccc1. The fourth-order valence-corrected chi connectivity index (χ4v) is 4.64. The number of para-hydroxylation sites is 1. The molecule has 0 radical (unpaired) electrons. The molecule has 0 bridgehead atoms. The van der Waals surface area contributed by atoms with Crippen LogP contribution in [0.25, 0.3) is 11.1 Å². The number of anilines is 1. The third-order valence-electron chi connectivity index (χ3n) is 6.07. The number of piperidine rings is 1. The summed E-state index contributed by atoms with van der Waals surface area (Å²) in [5, 5.41) is 4.14. The quantitative estimate of drug-likeness (QED) is 0.573. The van der Waals surface area contributed by atoms with Gasteiger partial charge in [-0.2, -0.15) is 0 Å². The van der Waals surface area contributed by atoms with Gasteiger partial charge >= 0.3 is 5.76 Å². The Kier molecular flexibility index (Phi) is 6.66. The van der Waals surface area contributed by atoms with Crippen molar-refractivity contribution in [2.75, 3.05) is 18.4 Å². The molecule has 2 aromatic carbocycles. The number of aromatic nitrogens is 1. The molecule has 2 heterocycles. The summed E-state index contributed by atoms with van der Waals surface area (Å²) >= 11 is 5.98. The molecule has 1 aromatic heterocycles. The van der Waals surface area contributed by atoms with Crippen LogP contribution in [0, 0.1) is 5.92 Å². The summed E-state index contributed by atoms with van der Waals surface area (Å²) in [4.78, 5) is 27.1. The van der Waals surface area contributed by atoms with Crippen molar-refractivity contribution in [2.24, 2.45) is 5.92 Å². The topological polar surface area (TPSA) is 67.5 Å². The Balaban J connectivity index is 1.42. The highest BCUT2D eigenvalue weighted by atomic mass is 35.5. The summed E-state index contributed by atoms with van der Waals surface area (Å²) in [5.41, 5.74) is 2.18. The van der Waals surface area contributed by atoms with Crippen LogP contribution < -0.4 is 11.1 Å². The molecule has 3 aromatic rings. The highest BCUT2D eigenvalue weighted by Gasteiger charge is 2.31. The molecule has 1 N–H and O–H groups in total. The van der Waals surface area contributed by atoms with Crippen LogP contribution in [-0.4, -0.2) is 34.5 Å². The lowest BCUT2D eigenvalue weighted by molar-refractivity contribution is -0.133. The number of carbonyl (C=O) groups excluding carboxylic acids is 1. The van der Waals surface area contributed by atoms with Crippen LogP contribution in [0.1, 0.15) is 32.6 Å². The van der Waals surface area contributed by atoms with E-state index in [0.29, 0.717) is 28.6 Å². The summed E-state index contributed by atoms with van der Waals surface area (Å²) in [7, 11) is 0. The van der Waals surface area contributed by atoms with Gasteiger partial charge in [-0.3, -0.25) is 9.36 Å². The summed E-state index contributed by atoms with van der Waals surface area (Å²) in [5.74, 6) is 0.139. The van der Waals surface area contributed by atoms with Crippen LogP contribution in [0.4, 0.5) is 5.69 Å². The van der Waals surface area contributed by atoms with E-state index in [1.54, 1.807) is 18.2 Å². The van der Waals surface area contributed by atoms with Crippen LogP contribution in [0.5, 0.6) is 0 Å². The van der Waals surface area contributed by atoms with Gasteiger partial charge < -0.3 is 14.6 Å².